The molecule has 2 aliphatic heterocycles. The van der Waals surface area contributed by atoms with Crippen LogP contribution in [0.15, 0.2) is 54.7 Å². The number of piperidine rings is 2. The van der Waals surface area contributed by atoms with Crippen LogP contribution in [0.2, 0.25) is 0 Å². The van der Waals surface area contributed by atoms with Crippen molar-refractivity contribution < 1.29 is 19.1 Å². The van der Waals surface area contributed by atoms with Crippen LogP contribution in [-0.4, -0.2) is 110 Å². The van der Waals surface area contributed by atoms with Crippen LogP contribution in [0.4, 0.5) is 4.79 Å². The molecule has 10 heteroatoms. The number of rotatable bonds is 10. The Labute approximate surface area is 278 Å². The number of ether oxygens (including phenoxy) is 1. The van der Waals surface area contributed by atoms with Gasteiger partial charge in [0.2, 0.25) is 11.8 Å². The van der Waals surface area contributed by atoms with E-state index in [1.54, 1.807) is 4.90 Å². The first kappa shape index (κ1) is 33.0. The summed E-state index contributed by atoms with van der Waals surface area (Å²) in [6, 6.07) is 15.4. The minimum atomic E-state index is -0.708. The molecule has 1 aromatic heterocycles. The quantitative estimate of drug-likeness (QED) is 0.290. The molecule has 0 bridgehead atoms. The van der Waals surface area contributed by atoms with Gasteiger partial charge >= 0.3 is 6.03 Å². The number of carbonyl (C=O) groups is 3. The highest BCUT2D eigenvalue weighted by Gasteiger charge is 2.48. The lowest BCUT2D eigenvalue weighted by Gasteiger charge is -2.41. The van der Waals surface area contributed by atoms with Gasteiger partial charge in [-0.1, -0.05) is 42.5 Å². The van der Waals surface area contributed by atoms with Crippen LogP contribution < -0.4 is 10.6 Å². The Morgan fingerprint density at radius 2 is 1.83 bits per heavy atom. The third-order valence-corrected chi connectivity index (χ3v) is 10.6. The summed E-state index contributed by atoms with van der Waals surface area (Å²) in [6.45, 7) is 7.17. The highest BCUT2D eigenvalue weighted by atomic mass is 16.5. The lowest BCUT2D eigenvalue weighted by atomic mass is 9.73. The number of nitrogens with one attached hydrogen (secondary N) is 3. The number of para-hydroxylation sites is 1. The molecular formula is C37H50N6O4. The third-order valence-electron chi connectivity index (χ3n) is 10.6. The molecule has 47 heavy (non-hydrogen) atoms. The van der Waals surface area contributed by atoms with E-state index >= 15 is 0 Å². The molecule has 0 saturated carbocycles. The van der Waals surface area contributed by atoms with Crippen LogP contribution in [0.3, 0.4) is 0 Å². The van der Waals surface area contributed by atoms with Gasteiger partial charge in [0.05, 0.1) is 12.5 Å². The van der Waals surface area contributed by atoms with Gasteiger partial charge in [-0.25, -0.2) is 4.79 Å². The zero-order valence-electron chi connectivity index (χ0n) is 28.1. The highest BCUT2D eigenvalue weighted by Crippen LogP contribution is 2.52. The van der Waals surface area contributed by atoms with E-state index in [0.717, 1.165) is 73.8 Å². The van der Waals surface area contributed by atoms with E-state index in [2.05, 4.69) is 44.8 Å². The smallest absolute Gasteiger partial charge is 0.315 e. The van der Waals surface area contributed by atoms with Crippen LogP contribution in [0.25, 0.3) is 10.9 Å². The number of aromatic nitrogens is 1. The molecular weight excluding hydrogens is 592 g/mol. The van der Waals surface area contributed by atoms with E-state index in [1.165, 1.54) is 5.56 Å². The average Bonchev–Trinajstić information content (AvgIpc) is 3.63. The van der Waals surface area contributed by atoms with E-state index in [1.807, 2.05) is 56.4 Å². The van der Waals surface area contributed by atoms with Crippen LogP contribution in [0, 0.1) is 0 Å². The Bertz CT molecular complexity index is 1560. The number of hydrogen-bond acceptors (Lipinski definition) is 5. The number of amides is 4. The fraction of sp³-hybridized carbons (Fsp3) is 0.541. The third kappa shape index (κ3) is 7.18. The van der Waals surface area contributed by atoms with Crippen molar-refractivity contribution in [1.82, 2.24) is 30.3 Å². The first-order chi connectivity index (χ1) is 22.8. The van der Waals surface area contributed by atoms with Gasteiger partial charge in [-0.3, -0.25) is 14.5 Å². The van der Waals surface area contributed by atoms with Crippen molar-refractivity contribution in [2.24, 2.45) is 0 Å². The van der Waals surface area contributed by atoms with Crippen LogP contribution in [-0.2, 0) is 26.2 Å². The number of nitrogens with zero attached hydrogens (tertiary/aromatic N) is 3. The molecule has 2 unspecified atom stereocenters. The van der Waals surface area contributed by atoms with Gasteiger partial charge in [-0.15, -0.1) is 0 Å². The number of urea groups is 1. The lowest BCUT2D eigenvalue weighted by Crippen LogP contribution is -2.57. The molecule has 0 radical (unpaired) electrons. The Morgan fingerprint density at radius 1 is 1.06 bits per heavy atom. The van der Waals surface area contributed by atoms with Gasteiger partial charge in [0.25, 0.3) is 0 Å². The SMILES string of the molecule is CCOCCN1CCCC(NC(=O)NC(Cc2c[nH]c3ccccc23)C(=O)N2CCC3(CC2)C[C@@H](C(=O)N(C)C)c2ccccc23)C1. The summed E-state index contributed by atoms with van der Waals surface area (Å²) >= 11 is 0. The van der Waals surface area contributed by atoms with Gasteiger partial charge in [-0.05, 0) is 68.3 Å². The van der Waals surface area contributed by atoms with Crippen LogP contribution >= 0.6 is 0 Å². The Hall–Kier alpha value is -3.89. The molecule has 4 amide bonds. The maximum absolute atomic E-state index is 14.3. The zero-order chi connectivity index (χ0) is 33.0. The summed E-state index contributed by atoms with van der Waals surface area (Å²) in [5.74, 6) is -0.0787. The fourth-order valence-corrected chi connectivity index (χ4v) is 8.10. The average molecular weight is 643 g/mol. The number of benzene rings is 2. The lowest BCUT2D eigenvalue weighted by molar-refractivity contribution is -0.135. The Balaban J connectivity index is 1.15. The van der Waals surface area contributed by atoms with Crippen molar-refractivity contribution in [1.29, 1.82) is 0 Å². The first-order valence-electron chi connectivity index (χ1n) is 17.3. The molecule has 3 N–H and O–H groups in total. The van der Waals surface area contributed by atoms with E-state index in [-0.39, 0.29) is 35.2 Å². The van der Waals surface area contributed by atoms with E-state index in [4.69, 9.17) is 4.74 Å². The number of carbonyl (C=O) groups excluding carboxylic acids is 3. The summed E-state index contributed by atoms with van der Waals surface area (Å²) < 4.78 is 5.54. The molecule has 10 nitrogen and oxygen atoms in total. The molecule has 3 aromatic rings. The Morgan fingerprint density at radius 3 is 2.62 bits per heavy atom. The standard InChI is InChI=1S/C37H50N6O4/c1-4-47-21-20-42-17-9-10-27(25-42)39-36(46)40-33(22-26-24-38-32-14-8-6-11-28(26)32)35(45)43-18-15-37(16-19-43)23-30(34(44)41(2)3)29-12-5-7-13-31(29)37/h5-8,11-14,24,27,30,33,38H,4,9-10,15-23,25H2,1-3H3,(H2,39,40,46)/t27?,30-,33?/m1/s1. The second-order valence-corrected chi connectivity index (χ2v) is 13.8. The maximum Gasteiger partial charge on any atom is 0.315 e. The summed E-state index contributed by atoms with van der Waals surface area (Å²) in [4.78, 5) is 50.2. The second-order valence-electron chi connectivity index (χ2n) is 13.8. The van der Waals surface area contributed by atoms with Gasteiger partial charge in [0.1, 0.15) is 6.04 Å². The van der Waals surface area contributed by atoms with Crippen molar-refractivity contribution in [3.63, 3.8) is 0 Å². The number of H-pyrrole nitrogens is 1. The van der Waals surface area contributed by atoms with Crippen molar-refractivity contribution in [3.05, 3.63) is 71.4 Å². The fourth-order valence-electron chi connectivity index (χ4n) is 8.10. The summed E-state index contributed by atoms with van der Waals surface area (Å²) in [7, 11) is 3.64. The molecule has 2 fully saturated rings. The van der Waals surface area contributed by atoms with E-state index < -0.39 is 6.04 Å². The number of hydrogen-bond donors (Lipinski definition) is 3. The van der Waals surface area contributed by atoms with Crippen molar-refractivity contribution in [3.8, 4) is 0 Å². The van der Waals surface area contributed by atoms with E-state index in [0.29, 0.717) is 32.7 Å². The summed E-state index contributed by atoms with van der Waals surface area (Å²) in [5, 5.41) is 7.32. The van der Waals surface area contributed by atoms with Crippen molar-refractivity contribution >= 4 is 28.7 Å². The molecule has 3 atom stereocenters. The molecule has 1 aliphatic carbocycles. The maximum atomic E-state index is 14.3. The minimum Gasteiger partial charge on any atom is -0.380 e. The predicted molar refractivity (Wildman–Crippen MR) is 183 cm³/mol. The van der Waals surface area contributed by atoms with Crippen molar-refractivity contribution in [2.45, 2.75) is 68.9 Å². The van der Waals surface area contributed by atoms with Crippen LogP contribution in [0.1, 0.15) is 61.6 Å². The molecule has 3 aliphatic rings. The summed E-state index contributed by atoms with van der Waals surface area (Å²) in [6.07, 6.45) is 6.61. The minimum absolute atomic E-state index is 0.0179. The van der Waals surface area contributed by atoms with Gasteiger partial charge < -0.3 is 30.2 Å². The topological polar surface area (TPSA) is 110 Å². The molecule has 3 heterocycles. The first-order valence-corrected chi connectivity index (χ1v) is 17.3. The van der Waals surface area contributed by atoms with Gasteiger partial charge in [0.15, 0.2) is 0 Å². The second kappa shape index (κ2) is 14.5. The predicted octanol–water partition coefficient (Wildman–Crippen LogP) is 4.02. The molecule has 2 aromatic carbocycles. The number of fused-ring (bicyclic) bond motifs is 3. The van der Waals surface area contributed by atoms with Gasteiger partial charge in [-0.2, -0.15) is 0 Å². The van der Waals surface area contributed by atoms with E-state index in [9.17, 15) is 14.4 Å². The molecule has 252 valence electrons. The number of aromatic amines is 1. The zero-order valence-corrected chi connectivity index (χ0v) is 28.1. The van der Waals surface area contributed by atoms with Gasteiger partial charge in [0, 0.05) is 81.9 Å². The largest absolute Gasteiger partial charge is 0.380 e. The monoisotopic (exact) mass is 642 g/mol. The van der Waals surface area contributed by atoms with Crippen LogP contribution in [0.5, 0.6) is 0 Å². The molecule has 1 spiro atoms. The number of likely N-dealkylation sites (tertiary alicyclic amines) is 2. The Kier molecular flexibility index (Phi) is 10.2. The summed E-state index contributed by atoms with van der Waals surface area (Å²) in [5.41, 5.74) is 4.26. The highest BCUT2D eigenvalue weighted by molar-refractivity contribution is 5.90. The molecule has 6 rings (SSSR count). The molecule has 2 saturated heterocycles. The number of likely N-dealkylation sites (N-methyl/N-ethyl adjacent to an activating group) is 1. The normalized spacial score (nSPS) is 21.4. The van der Waals surface area contributed by atoms with Crippen molar-refractivity contribution in [2.75, 3.05) is 60.0 Å².